The lowest BCUT2D eigenvalue weighted by molar-refractivity contribution is -0.274. The van der Waals surface area contributed by atoms with Crippen molar-refractivity contribution in [2.75, 3.05) is 39.4 Å². The molecule has 1 aromatic rings. The van der Waals surface area contributed by atoms with Crippen LogP contribution in [0.1, 0.15) is 18.5 Å². The quantitative estimate of drug-likeness (QED) is 0.790. The lowest BCUT2D eigenvalue weighted by atomic mass is 9.89. The van der Waals surface area contributed by atoms with Gasteiger partial charge in [0.25, 0.3) is 0 Å². The van der Waals surface area contributed by atoms with Crippen molar-refractivity contribution < 1.29 is 32.2 Å². The van der Waals surface area contributed by atoms with E-state index in [0.29, 0.717) is 50.8 Å². The van der Waals surface area contributed by atoms with E-state index in [1.807, 2.05) is 4.90 Å². The summed E-state index contributed by atoms with van der Waals surface area (Å²) in [5, 5.41) is 2.91. The van der Waals surface area contributed by atoms with Crippen LogP contribution in [-0.2, 0) is 16.0 Å². The molecule has 3 aliphatic heterocycles. The number of alkyl halides is 3. The van der Waals surface area contributed by atoms with Gasteiger partial charge in [-0.05, 0) is 37.3 Å². The number of likely N-dealkylation sites (tertiary alicyclic amines) is 2. The van der Waals surface area contributed by atoms with Gasteiger partial charge in [-0.3, -0.25) is 9.78 Å². The molecule has 0 bridgehead atoms. The first-order chi connectivity index (χ1) is 14.2. The van der Waals surface area contributed by atoms with Crippen LogP contribution in [0, 0.1) is 5.92 Å². The summed E-state index contributed by atoms with van der Waals surface area (Å²) in [7, 11) is 0. The van der Waals surface area contributed by atoms with E-state index < -0.39 is 11.9 Å². The Kier molecular flexibility index (Phi) is 5.48. The maximum atomic E-state index is 12.7. The first-order valence-electron chi connectivity index (χ1n) is 9.85. The smallest absolute Gasteiger partial charge is 0.404 e. The Hall–Kier alpha value is -2.56. The van der Waals surface area contributed by atoms with Crippen LogP contribution in [0.2, 0.25) is 0 Å². The fourth-order valence-corrected chi connectivity index (χ4v) is 4.25. The molecule has 0 unspecified atom stereocenters. The molecule has 1 N–H and O–H groups in total. The highest BCUT2D eigenvalue weighted by Crippen LogP contribution is 2.28. The molecule has 0 saturated carbocycles. The zero-order valence-electron chi connectivity index (χ0n) is 16.3. The highest BCUT2D eigenvalue weighted by atomic mass is 19.4. The number of carbonyl (C=O) groups excluding carboxylic acids is 2. The van der Waals surface area contributed by atoms with Gasteiger partial charge in [-0.1, -0.05) is 0 Å². The molecule has 3 amide bonds. The number of nitrogens with one attached hydrogen (secondary N) is 1. The van der Waals surface area contributed by atoms with Crippen molar-refractivity contribution in [1.29, 1.82) is 0 Å². The molecule has 3 saturated heterocycles. The fourth-order valence-electron chi connectivity index (χ4n) is 4.25. The summed E-state index contributed by atoms with van der Waals surface area (Å²) in [6.07, 6.45) is -1.41. The summed E-state index contributed by atoms with van der Waals surface area (Å²) in [5.74, 6) is -0.177. The van der Waals surface area contributed by atoms with Crippen LogP contribution in [0.3, 0.4) is 0 Å². The Morgan fingerprint density at radius 2 is 2.00 bits per heavy atom. The number of piperidine rings is 1. The molecule has 1 aromatic heterocycles. The molecule has 0 radical (unpaired) electrons. The van der Waals surface area contributed by atoms with Gasteiger partial charge in [0.05, 0.1) is 18.3 Å². The van der Waals surface area contributed by atoms with E-state index in [1.54, 1.807) is 11.0 Å². The number of carbonyl (C=O) groups is 2. The van der Waals surface area contributed by atoms with E-state index in [9.17, 15) is 22.8 Å². The van der Waals surface area contributed by atoms with Gasteiger partial charge in [0, 0.05) is 31.9 Å². The predicted octanol–water partition coefficient (Wildman–Crippen LogP) is 1.56. The van der Waals surface area contributed by atoms with Crippen molar-refractivity contribution in [1.82, 2.24) is 20.1 Å². The predicted molar refractivity (Wildman–Crippen MR) is 97.6 cm³/mol. The van der Waals surface area contributed by atoms with Crippen LogP contribution in [0.4, 0.5) is 18.0 Å². The molecule has 1 spiro atoms. The summed E-state index contributed by atoms with van der Waals surface area (Å²) in [6, 6.07) is 2.77. The number of morpholine rings is 1. The molecular weight excluding hydrogens is 405 g/mol. The Morgan fingerprint density at radius 1 is 1.27 bits per heavy atom. The minimum Gasteiger partial charge on any atom is -0.404 e. The molecule has 8 nitrogen and oxygen atoms in total. The summed E-state index contributed by atoms with van der Waals surface area (Å²) in [4.78, 5) is 31.8. The molecule has 4 heterocycles. The van der Waals surface area contributed by atoms with Gasteiger partial charge in [-0.15, -0.1) is 13.2 Å². The van der Waals surface area contributed by atoms with Crippen molar-refractivity contribution in [2.24, 2.45) is 5.92 Å². The van der Waals surface area contributed by atoms with Gasteiger partial charge in [0.15, 0.2) is 0 Å². The molecule has 0 aliphatic carbocycles. The SMILES string of the molecule is O=C1COCC2(CN(C(=O)N3CCC(Cc4ccc(OC(F)(F)F)cn4)CC3)C2)N1. The molecule has 4 rings (SSSR count). The first kappa shape index (κ1) is 20.7. The summed E-state index contributed by atoms with van der Waals surface area (Å²) < 4.78 is 45.8. The zero-order chi connectivity index (χ0) is 21.4. The minimum atomic E-state index is -4.73. The molecule has 164 valence electrons. The molecular formula is C19H23F3N4O4. The Labute approximate surface area is 171 Å². The first-order valence-corrected chi connectivity index (χ1v) is 9.85. The van der Waals surface area contributed by atoms with Crippen LogP contribution < -0.4 is 10.1 Å². The minimum absolute atomic E-state index is 0.0364. The topological polar surface area (TPSA) is 84.0 Å². The van der Waals surface area contributed by atoms with Gasteiger partial charge < -0.3 is 24.6 Å². The average Bonchev–Trinajstić information content (AvgIpc) is 2.66. The third kappa shape index (κ3) is 4.77. The van der Waals surface area contributed by atoms with Crippen molar-refractivity contribution in [2.45, 2.75) is 31.2 Å². The largest absolute Gasteiger partial charge is 0.573 e. The standard InChI is InChI=1S/C19H23F3N4O4/c20-19(21,22)30-15-2-1-14(23-8-15)7-13-3-5-25(6-4-13)17(28)26-10-18(11-26)12-29-9-16(27)24-18/h1-2,8,13H,3-7,9-12H2,(H,24,27). The second-order valence-electron chi connectivity index (χ2n) is 8.13. The third-order valence-corrected chi connectivity index (χ3v) is 5.69. The van der Waals surface area contributed by atoms with E-state index >= 15 is 0 Å². The van der Waals surface area contributed by atoms with Crippen molar-refractivity contribution in [3.8, 4) is 5.75 Å². The molecule has 3 fully saturated rings. The van der Waals surface area contributed by atoms with Crippen LogP contribution in [0.5, 0.6) is 5.75 Å². The number of hydrogen-bond acceptors (Lipinski definition) is 5. The number of amides is 3. The Balaban J connectivity index is 1.21. The normalized spacial score (nSPS) is 21.9. The third-order valence-electron chi connectivity index (χ3n) is 5.69. The maximum Gasteiger partial charge on any atom is 0.573 e. The highest BCUT2D eigenvalue weighted by Gasteiger charge is 2.49. The number of aromatic nitrogens is 1. The van der Waals surface area contributed by atoms with Crippen molar-refractivity contribution in [3.05, 3.63) is 24.0 Å². The zero-order valence-corrected chi connectivity index (χ0v) is 16.3. The highest BCUT2D eigenvalue weighted by molar-refractivity contribution is 5.81. The number of hydrogen-bond donors (Lipinski definition) is 1. The van der Waals surface area contributed by atoms with E-state index in [1.165, 1.54) is 6.07 Å². The molecule has 11 heteroatoms. The van der Waals surface area contributed by atoms with Crippen LogP contribution in [0.25, 0.3) is 0 Å². The van der Waals surface area contributed by atoms with Gasteiger partial charge >= 0.3 is 12.4 Å². The Bertz CT molecular complexity index is 788. The maximum absolute atomic E-state index is 12.7. The second-order valence-corrected chi connectivity index (χ2v) is 8.13. The van der Waals surface area contributed by atoms with E-state index in [0.717, 1.165) is 19.0 Å². The molecule has 3 aliphatic rings. The number of nitrogens with zero attached hydrogens (tertiary/aromatic N) is 3. The number of rotatable bonds is 3. The monoisotopic (exact) mass is 428 g/mol. The van der Waals surface area contributed by atoms with Crippen LogP contribution in [0.15, 0.2) is 18.3 Å². The van der Waals surface area contributed by atoms with Crippen molar-refractivity contribution in [3.63, 3.8) is 0 Å². The van der Waals surface area contributed by atoms with Gasteiger partial charge in [-0.25, -0.2) is 4.79 Å². The fraction of sp³-hybridized carbons (Fsp3) is 0.632. The number of pyridine rings is 1. The van der Waals surface area contributed by atoms with E-state index in [4.69, 9.17) is 4.74 Å². The number of urea groups is 1. The summed E-state index contributed by atoms with van der Waals surface area (Å²) in [5.41, 5.74) is 0.254. The van der Waals surface area contributed by atoms with Gasteiger partial charge in [0.1, 0.15) is 12.4 Å². The average molecular weight is 428 g/mol. The molecule has 0 atom stereocenters. The summed E-state index contributed by atoms with van der Waals surface area (Å²) >= 11 is 0. The number of halogens is 3. The Morgan fingerprint density at radius 3 is 2.60 bits per heavy atom. The lowest BCUT2D eigenvalue weighted by Gasteiger charge is -2.52. The second kappa shape index (κ2) is 7.93. The van der Waals surface area contributed by atoms with E-state index in [2.05, 4.69) is 15.0 Å². The number of ether oxygens (including phenoxy) is 2. The molecule has 30 heavy (non-hydrogen) atoms. The molecule has 0 aromatic carbocycles. The van der Waals surface area contributed by atoms with Crippen molar-refractivity contribution >= 4 is 11.9 Å². The van der Waals surface area contributed by atoms with E-state index in [-0.39, 0.29) is 24.3 Å². The summed E-state index contributed by atoms with van der Waals surface area (Å²) in [6.45, 7) is 2.62. The van der Waals surface area contributed by atoms with Crippen LogP contribution >= 0.6 is 0 Å². The van der Waals surface area contributed by atoms with Crippen LogP contribution in [-0.4, -0.2) is 78.0 Å². The lowest BCUT2D eigenvalue weighted by Crippen LogP contribution is -2.76. The van der Waals surface area contributed by atoms with Gasteiger partial charge in [-0.2, -0.15) is 0 Å². The van der Waals surface area contributed by atoms with Gasteiger partial charge in [0.2, 0.25) is 5.91 Å².